The van der Waals surface area contributed by atoms with Crippen molar-refractivity contribution in [3.63, 3.8) is 0 Å². The lowest BCUT2D eigenvalue weighted by molar-refractivity contribution is -0.122. The maximum Gasteiger partial charge on any atom is 0.220 e. The second-order valence-electron chi connectivity index (χ2n) is 4.79. The molecule has 0 bridgehead atoms. The van der Waals surface area contributed by atoms with Crippen LogP contribution in [0.4, 0.5) is 0 Å². The number of nitrogens with one attached hydrogen (secondary N) is 1. The van der Waals surface area contributed by atoms with Gasteiger partial charge in [-0.2, -0.15) is 0 Å². The van der Waals surface area contributed by atoms with Crippen molar-refractivity contribution in [3.05, 3.63) is 35.9 Å². The lowest BCUT2D eigenvalue weighted by Gasteiger charge is -2.17. The second-order valence-corrected chi connectivity index (χ2v) is 4.79. The molecule has 3 heteroatoms. The minimum atomic E-state index is 0.0312. The molecule has 0 saturated carbocycles. The van der Waals surface area contributed by atoms with Gasteiger partial charge in [-0.15, -0.1) is 0 Å². The van der Waals surface area contributed by atoms with E-state index in [0.717, 1.165) is 6.42 Å². The SMILES string of the molecule is CC(C)CC(=O)NC(CN)Cc1ccccc1. The van der Waals surface area contributed by atoms with E-state index in [1.165, 1.54) is 5.56 Å². The lowest BCUT2D eigenvalue weighted by atomic mass is 10.0. The molecule has 3 nitrogen and oxygen atoms in total. The van der Waals surface area contributed by atoms with E-state index in [1.54, 1.807) is 0 Å². The molecule has 0 aromatic heterocycles. The van der Waals surface area contributed by atoms with Gasteiger partial charge in [0.15, 0.2) is 0 Å². The van der Waals surface area contributed by atoms with Crippen molar-refractivity contribution in [1.29, 1.82) is 0 Å². The van der Waals surface area contributed by atoms with Gasteiger partial charge in [-0.3, -0.25) is 4.79 Å². The molecule has 1 atom stereocenters. The molecule has 0 aliphatic heterocycles. The first-order valence-corrected chi connectivity index (χ1v) is 6.15. The number of carbonyl (C=O) groups is 1. The fraction of sp³-hybridized carbons (Fsp3) is 0.500. The molecule has 1 rings (SSSR count). The molecule has 3 N–H and O–H groups in total. The first kappa shape index (κ1) is 13.7. The van der Waals surface area contributed by atoms with E-state index in [4.69, 9.17) is 5.73 Å². The zero-order chi connectivity index (χ0) is 12.7. The van der Waals surface area contributed by atoms with Crippen LogP contribution in [0, 0.1) is 5.92 Å². The molecule has 1 amide bonds. The largest absolute Gasteiger partial charge is 0.352 e. The molecule has 1 unspecified atom stereocenters. The lowest BCUT2D eigenvalue weighted by Crippen LogP contribution is -2.42. The van der Waals surface area contributed by atoms with Crippen molar-refractivity contribution >= 4 is 5.91 Å². The van der Waals surface area contributed by atoms with Gasteiger partial charge in [0.2, 0.25) is 5.91 Å². The summed E-state index contributed by atoms with van der Waals surface area (Å²) in [6, 6.07) is 10.1. The molecular weight excluding hydrogens is 212 g/mol. The fourth-order valence-corrected chi connectivity index (χ4v) is 1.75. The average molecular weight is 234 g/mol. The van der Waals surface area contributed by atoms with Crippen LogP contribution in [0.5, 0.6) is 0 Å². The Hall–Kier alpha value is -1.35. The molecule has 94 valence electrons. The van der Waals surface area contributed by atoms with Crippen LogP contribution >= 0.6 is 0 Å². The molecule has 17 heavy (non-hydrogen) atoms. The second kappa shape index (κ2) is 7.07. The maximum absolute atomic E-state index is 11.6. The van der Waals surface area contributed by atoms with Crippen LogP contribution < -0.4 is 11.1 Å². The van der Waals surface area contributed by atoms with Crippen molar-refractivity contribution in [2.75, 3.05) is 6.54 Å². The summed E-state index contributed by atoms with van der Waals surface area (Å²) in [4.78, 5) is 11.6. The molecule has 0 saturated heterocycles. The van der Waals surface area contributed by atoms with Gasteiger partial charge < -0.3 is 11.1 Å². The topological polar surface area (TPSA) is 55.1 Å². The summed E-state index contributed by atoms with van der Waals surface area (Å²) in [7, 11) is 0. The van der Waals surface area contributed by atoms with E-state index < -0.39 is 0 Å². The van der Waals surface area contributed by atoms with Gasteiger partial charge in [-0.1, -0.05) is 44.2 Å². The van der Waals surface area contributed by atoms with Crippen molar-refractivity contribution in [2.45, 2.75) is 32.7 Å². The van der Waals surface area contributed by atoms with Gasteiger partial charge in [0, 0.05) is 19.0 Å². The highest BCUT2D eigenvalue weighted by Gasteiger charge is 2.12. The maximum atomic E-state index is 11.6. The third kappa shape index (κ3) is 5.50. The Morgan fingerprint density at radius 2 is 1.94 bits per heavy atom. The molecule has 0 spiro atoms. The standard InChI is InChI=1S/C14H22N2O/c1-11(2)8-14(17)16-13(10-15)9-12-6-4-3-5-7-12/h3-7,11,13H,8-10,15H2,1-2H3,(H,16,17). The summed E-state index contributed by atoms with van der Waals surface area (Å²) >= 11 is 0. The zero-order valence-corrected chi connectivity index (χ0v) is 10.6. The number of rotatable bonds is 6. The fourth-order valence-electron chi connectivity index (χ4n) is 1.75. The van der Waals surface area contributed by atoms with Gasteiger partial charge in [-0.05, 0) is 17.9 Å². The number of hydrogen-bond donors (Lipinski definition) is 2. The molecule has 1 aromatic carbocycles. The van der Waals surface area contributed by atoms with Crippen LogP contribution in [-0.2, 0) is 11.2 Å². The number of hydrogen-bond acceptors (Lipinski definition) is 2. The molecule has 0 radical (unpaired) electrons. The smallest absolute Gasteiger partial charge is 0.220 e. The highest BCUT2D eigenvalue weighted by atomic mass is 16.1. The quantitative estimate of drug-likeness (QED) is 0.787. The molecule has 0 aliphatic carbocycles. The summed E-state index contributed by atoms with van der Waals surface area (Å²) in [5, 5.41) is 2.98. The van der Waals surface area contributed by atoms with Gasteiger partial charge >= 0.3 is 0 Å². The Labute approximate surface area is 103 Å². The van der Waals surface area contributed by atoms with E-state index in [1.807, 2.05) is 32.0 Å². The summed E-state index contributed by atoms with van der Waals surface area (Å²) in [5.74, 6) is 0.469. The van der Waals surface area contributed by atoms with Gasteiger partial charge in [0.05, 0.1) is 0 Å². The monoisotopic (exact) mass is 234 g/mol. The molecular formula is C14H22N2O. The third-order valence-electron chi connectivity index (χ3n) is 2.57. The summed E-state index contributed by atoms with van der Waals surface area (Å²) in [5.41, 5.74) is 6.89. The van der Waals surface area contributed by atoms with E-state index in [0.29, 0.717) is 18.9 Å². The average Bonchev–Trinajstić information content (AvgIpc) is 2.28. The Balaban J connectivity index is 2.46. The van der Waals surface area contributed by atoms with Crippen molar-refractivity contribution < 1.29 is 4.79 Å². The molecule has 0 heterocycles. The number of amides is 1. The Kier molecular flexibility index (Phi) is 5.70. The van der Waals surface area contributed by atoms with Crippen LogP contribution in [0.15, 0.2) is 30.3 Å². The third-order valence-corrected chi connectivity index (χ3v) is 2.57. The normalized spacial score (nSPS) is 12.5. The zero-order valence-electron chi connectivity index (χ0n) is 10.6. The molecule has 0 fully saturated rings. The van der Waals surface area contributed by atoms with Gasteiger partial charge in [-0.25, -0.2) is 0 Å². The summed E-state index contributed by atoms with van der Waals surface area (Å²) in [6.07, 6.45) is 1.35. The van der Waals surface area contributed by atoms with Crippen molar-refractivity contribution in [1.82, 2.24) is 5.32 Å². The highest BCUT2D eigenvalue weighted by Crippen LogP contribution is 2.04. The number of carbonyl (C=O) groups excluding carboxylic acids is 1. The Morgan fingerprint density at radius 1 is 1.29 bits per heavy atom. The molecule has 0 aliphatic rings. The predicted octanol–water partition coefficient (Wildman–Crippen LogP) is 1.72. The first-order valence-electron chi connectivity index (χ1n) is 6.15. The van der Waals surface area contributed by atoms with Crippen LogP contribution in [0.25, 0.3) is 0 Å². The van der Waals surface area contributed by atoms with E-state index in [2.05, 4.69) is 17.4 Å². The predicted molar refractivity (Wildman–Crippen MR) is 70.6 cm³/mol. The summed E-state index contributed by atoms with van der Waals surface area (Å²) < 4.78 is 0. The van der Waals surface area contributed by atoms with Crippen LogP contribution in [0.1, 0.15) is 25.8 Å². The van der Waals surface area contributed by atoms with Gasteiger partial charge in [0.25, 0.3) is 0 Å². The van der Waals surface area contributed by atoms with Crippen LogP contribution in [0.2, 0.25) is 0 Å². The highest BCUT2D eigenvalue weighted by molar-refractivity contribution is 5.76. The van der Waals surface area contributed by atoms with Crippen LogP contribution in [0.3, 0.4) is 0 Å². The minimum absolute atomic E-state index is 0.0312. The molecule has 1 aromatic rings. The number of benzene rings is 1. The van der Waals surface area contributed by atoms with Crippen molar-refractivity contribution in [3.8, 4) is 0 Å². The van der Waals surface area contributed by atoms with Gasteiger partial charge in [0.1, 0.15) is 0 Å². The summed E-state index contributed by atoms with van der Waals surface area (Å²) in [6.45, 7) is 4.54. The van der Waals surface area contributed by atoms with E-state index in [9.17, 15) is 4.79 Å². The van der Waals surface area contributed by atoms with Crippen molar-refractivity contribution in [2.24, 2.45) is 11.7 Å². The Morgan fingerprint density at radius 3 is 2.47 bits per heavy atom. The first-order chi connectivity index (χ1) is 8.11. The van der Waals surface area contributed by atoms with E-state index in [-0.39, 0.29) is 11.9 Å². The minimum Gasteiger partial charge on any atom is -0.352 e. The Bertz CT molecular complexity index is 335. The van der Waals surface area contributed by atoms with E-state index >= 15 is 0 Å². The van der Waals surface area contributed by atoms with Crippen LogP contribution in [-0.4, -0.2) is 18.5 Å². The number of nitrogens with two attached hydrogens (primary N) is 1.